The average molecular weight is 349 g/mol. The van der Waals surface area contributed by atoms with Crippen LogP contribution in [0.1, 0.15) is 24.8 Å². The molecule has 128 valence electrons. The zero-order valence-corrected chi connectivity index (χ0v) is 14.0. The number of amides is 2. The first kappa shape index (κ1) is 16.6. The van der Waals surface area contributed by atoms with Crippen molar-refractivity contribution >= 4 is 27.4 Å². The SMILES string of the molecule is O=C(N[C@@H]1CCS(=O)(=O)C1)C1=NN(Cc2ccccc2)C(=O)CC1. The van der Waals surface area contributed by atoms with Crippen molar-refractivity contribution in [2.75, 3.05) is 11.5 Å². The number of benzene rings is 1. The molecule has 0 spiro atoms. The van der Waals surface area contributed by atoms with E-state index < -0.39 is 9.84 Å². The second-order valence-electron chi connectivity index (χ2n) is 6.06. The van der Waals surface area contributed by atoms with Gasteiger partial charge in [-0.3, -0.25) is 9.59 Å². The molecule has 2 amide bonds. The lowest BCUT2D eigenvalue weighted by Gasteiger charge is -2.23. The van der Waals surface area contributed by atoms with Gasteiger partial charge in [0.15, 0.2) is 9.84 Å². The van der Waals surface area contributed by atoms with Crippen LogP contribution in [0.2, 0.25) is 0 Å². The highest BCUT2D eigenvalue weighted by Crippen LogP contribution is 2.15. The molecule has 0 saturated carbocycles. The zero-order valence-electron chi connectivity index (χ0n) is 13.1. The Morgan fingerprint density at radius 3 is 2.67 bits per heavy atom. The third kappa shape index (κ3) is 4.00. The van der Waals surface area contributed by atoms with Crippen molar-refractivity contribution in [1.82, 2.24) is 10.3 Å². The number of rotatable bonds is 4. The van der Waals surface area contributed by atoms with Gasteiger partial charge in [0.2, 0.25) is 5.91 Å². The van der Waals surface area contributed by atoms with Gasteiger partial charge in [0, 0.05) is 18.9 Å². The summed E-state index contributed by atoms with van der Waals surface area (Å²) in [6.07, 6.45) is 0.922. The molecule has 0 radical (unpaired) electrons. The van der Waals surface area contributed by atoms with Crippen molar-refractivity contribution in [3.8, 4) is 0 Å². The van der Waals surface area contributed by atoms with Crippen LogP contribution in [0.4, 0.5) is 0 Å². The third-order valence-electron chi connectivity index (χ3n) is 4.11. The Balaban J connectivity index is 1.67. The second kappa shape index (κ2) is 6.72. The Morgan fingerprint density at radius 1 is 1.25 bits per heavy atom. The van der Waals surface area contributed by atoms with E-state index in [9.17, 15) is 18.0 Å². The van der Waals surface area contributed by atoms with Gasteiger partial charge >= 0.3 is 0 Å². The van der Waals surface area contributed by atoms with Crippen LogP contribution in [0.3, 0.4) is 0 Å². The van der Waals surface area contributed by atoms with Gasteiger partial charge in [-0.05, 0) is 12.0 Å². The normalized spacial score (nSPS) is 23.0. The molecule has 2 aliphatic heterocycles. The topological polar surface area (TPSA) is 95.9 Å². The lowest BCUT2D eigenvalue weighted by Crippen LogP contribution is -2.43. The molecule has 1 aromatic carbocycles. The van der Waals surface area contributed by atoms with Crippen LogP contribution >= 0.6 is 0 Å². The molecule has 1 saturated heterocycles. The molecular weight excluding hydrogens is 330 g/mol. The predicted molar refractivity (Wildman–Crippen MR) is 88.9 cm³/mol. The molecule has 1 N–H and O–H groups in total. The van der Waals surface area contributed by atoms with E-state index >= 15 is 0 Å². The molecule has 8 heteroatoms. The van der Waals surface area contributed by atoms with E-state index in [1.54, 1.807) is 0 Å². The minimum absolute atomic E-state index is 0.0291. The highest BCUT2D eigenvalue weighted by molar-refractivity contribution is 7.91. The van der Waals surface area contributed by atoms with Gasteiger partial charge in [-0.25, -0.2) is 13.4 Å². The van der Waals surface area contributed by atoms with Crippen LogP contribution in [0, 0.1) is 0 Å². The standard InChI is InChI=1S/C16H19N3O4S/c20-15-7-6-14(16(21)17-13-8-9-24(22,23)11-13)18-19(15)10-12-4-2-1-3-5-12/h1-5,13H,6-11H2,(H,17,21)/t13-/m1/s1. The van der Waals surface area contributed by atoms with Crippen LogP contribution in [0.15, 0.2) is 35.4 Å². The Kier molecular flexibility index (Phi) is 4.66. The van der Waals surface area contributed by atoms with Gasteiger partial charge < -0.3 is 5.32 Å². The summed E-state index contributed by atoms with van der Waals surface area (Å²) in [5.41, 5.74) is 1.20. The number of hydrazone groups is 1. The molecule has 0 bridgehead atoms. The Bertz CT molecular complexity index is 774. The van der Waals surface area contributed by atoms with Gasteiger partial charge in [-0.15, -0.1) is 0 Å². The number of sulfone groups is 1. The molecule has 1 atom stereocenters. The highest BCUT2D eigenvalue weighted by atomic mass is 32.2. The number of nitrogens with one attached hydrogen (secondary N) is 1. The summed E-state index contributed by atoms with van der Waals surface area (Å²) >= 11 is 0. The lowest BCUT2D eigenvalue weighted by molar-refractivity contribution is -0.132. The molecule has 0 aliphatic carbocycles. The number of nitrogens with zero attached hydrogens (tertiary/aromatic N) is 2. The molecule has 3 rings (SSSR count). The molecule has 24 heavy (non-hydrogen) atoms. The van der Waals surface area contributed by atoms with Crippen LogP contribution in [0.5, 0.6) is 0 Å². The number of carbonyl (C=O) groups excluding carboxylic acids is 2. The monoisotopic (exact) mass is 349 g/mol. The van der Waals surface area contributed by atoms with Crippen molar-refractivity contribution in [3.05, 3.63) is 35.9 Å². The second-order valence-corrected chi connectivity index (χ2v) is 8.29. The first-order valence-electron chi connectivity index (χ1n) is 7.86. The summed E-state index contributed by atoms with van der Waals surface area (Å²) in [6, 6.07) is 9.05. The van der Waals surface area contributed by atoms with E-state index in [1.807, 2.05) is 30.3 Å². The van der Waals surface area contributed by atoms with E-state index in [1.165, 1.54) is 5.01 Å². The largest absolute Gasteiger partial charge is 0.347 e. The first-order valence-corrected chi connectivity index (χ1v) is 9.68. The van der Waals surface area contributed by atoms with Crippen LogP contribution in [-0.4, -0.2) is 48.5 Å². The minimum atomic E-state index is -3.05. The van der Waals surface area contributed by atoms with Crippen LogP contribution < -0.4 is 5.32 Å². The third-order valence-corrected chi connectivity index (χ3v) is 5.88. The fourth-order valence-electron chi connectivity index (χ4n) is 2.82. The Labute approximate surface area is 140 Å². The number of hydrogen-bond donors (Lipinski definition) is 1. The summed E-state index contributed by atoms with van der Waals surface area (Å²) < 4.78 is 22.9. The summed E-state index contributed by atoms with van der Waals surface area (Å²) in [6.45, 7) is 0.314. The van der Waals surface area contributed by atoms with Crippen molar-refractivity contribution in [2.24, 2.45) is 5.10 Å². The van der Waals surface area contributed by atoms with Crippen molar-refractivity contribution < 1.29 is 18.0 Å². The molecule has 0 aromatic heterocycles. The van der Waals surface area contributed by atoms with Crippen molar-refractivity contribution in [3.63, 3.8) is 0 Å². The summed E-state index contributed by atoms with van der Waals surface area (Å²) in [4.78, 5) is 24.3. The fraction of sp³-hybridized carbons (Fsp3) is 0.438. The fourth-order valence-corrected chi connectivity index (χ4v) is 4.50. The van der Waals surface area contributed by atoms with Gasteiger partial charge in [0.05, 0.1) is 18.1 Å². The molecule has 7 nitrogen and oxygen atoms in total. The van der Waals surface area contributed by atoms with Gasteiger partial charge in [-0.2, -0.15) is 5.10 Å². The average Bonchev–Trinajstić information content (AvgIpc) is 2.89. The first-order chi connectivity index (χ1) is 11.4. The summed E-state index contributed by atoms with van der Waals surface area (Å²) in [7, 11) is -3.05. The van der Waals surface area contributed by atoms with Crippen LogP contribution in [-0.2, 0) is 26.0 Å². The molecule has 1 aromatic rings. The van der Waals surface area contributed by atoms with Gasteiger partial charge in [0.1, 0.15) is 5.71 Å². The predicted octanol–water partition coefficient (Wildman–Crippen LogP) is 0.468. The molecular formula is C16H19N3O4S. The Morgan fingerprint density at radius 2 is 2.00 bits per heavy atom. The van der Waals surface area contributed by atoms with Crippen molar-refractivity contribution in [2.45, 2.75) is 31.8 Å². The van der Waals surface area contributed by atoms with E-state index in [4.69, 9.17) is 0 Å². The summed E-state index contributed by atoms with van der Waals surface area (Å²) in [5.74, 6) is -0.441. The maximum absolute atomic E-state index is 12.3. The minimum Gasteiger partial charge on any atom is -0.347 e. The molecule has 2 heterocycles. The summed E-state index contributed by atoms with van der Waals surface area (Å²) in [5, 5.41) is 8.20. The molecule has 2 aliphatic rings. The molecule has 1 fully saturated rings. The molecule has 0 unspecified atom stereocenters. The number of carbonyl (C=O) groups is 2. The van der Waals surface area contributed by atoms with E-state index in [-0.39, 0.29) is 47.9 Å². The van der Waals surface area contributed by atoms with Crippen molar-refractivity contribution in [1.29, 1.82) is 0 Å². The number of hydrogen-bond acceptors (Lipinski definition) is 5. The van der Waals surface area contributed by atoms with E-state index in [0.717, 1.165) is 5.56 Å². The zero-order chi connectivity index (χ0) is 17.2. The van der Waals surface area contributed by atoms with Crippen LogP contribution in [0.25, 0.3) is 0 Å². The smallest absolute Gasteiger partial charge is 0.267 e. The van der Waals surface area contributed by atoms with E-state index in [2.05, 4.69) is 10.4 Å². The highest BCUT2D eigenvalue weighted by Gasteiger charge is 2.31. The Hall–Kier alpha value is -2.22. The maximum atomic E-state index is 12.3. The van der Waals surface area contributed by atoms with Gasteiger partial charge in [-0.1, -0.05) is 30.3 Å². The van der Waals surface area contributed by atoms with E-state index in [0.29, 0.717) is 13.0 Å². The lowest BCUT2D eigenvalue weighted by atomic mass is 10.1. The maximum Gasteiger partial charge on any atom is 0.267 e. The van der Waals surface area contributed by atoms with Gasteiger partial charge in [0.25, 0.3) is 5.91 Å². The quantitative estimate of drug-likeness (QED) is 0.854.